The molecule has 1 fully saturated rings. The minimum atomic E-state index is -3.16. The Morgan fingerprint density at radius 3 is 2.54 bits per heavy atom. The predicted molar refractivity (Wildman–Crippen MR) is 91.5 cm³/mol. The maximum Gasteiger partial charge on any atom is 0.223 e. The van der Waals surface area contributed by atoms with Crippen molar-refractivity contribution in [1.29, 1.82) is 0 Å². The minimum absolute atomic E-state index is 0.00552. The molecule has 1 aliphatic heterocycles. The van der Waals surface area contributed by atoms with Gasteiger partial charge in [-0.1, -0.05) is 18.2 Å². The molecule has 0 unspecified atom stereocenters. The molecule has 0 bridgehead atoms. The van der Waals surface area contributed by atoms with Crippen LogP contribution in [-0.4, -0.2) is 44.5 Å². The highest BCUT2D eigenvalue weighted by Gasteiger charge is 2.28. The van der Waals surface area contributed by atoms with Gasteiger partial charge in [-0.25, -0.2) is 17.1 Å². The first kappa shape index (κ1) is 18.9. The highest BCUT2D eigenvalue weighted by molar-refractivity contribution is 7.88. The number of hydrogen-bond donors (Lipinski definition) is 1. The van der Waals surface area contributed by atoms with E-state index in [1.165, 1.54) is 16.6 Å². The van der Waals surface area contributed by atoms with Crippen LogP contribution in [0.25, 0.3) is 0 Å². The van der Waals surface area contributed by atoms with Crippen LogP contribution < -0.4 is 5.32 Å². The lowest BCUT2D eigenvalue weighted by atomic mass is 9.97. The fraction of sp³-hybridized carbons (Fsp3) is 0.588. The Hall–Kier alpha value is -1.47. The molecule has 1 saturated heterocycles. The van der Waals surface area contributed by atoms with E-state index in [9.17, 15) is 17.6 Å². The van der Waals surface area contributed by atoms with Crippen LogP contribution in [-0.2, 0) is 21.2 Å². The lowest BCUT2D eigenvalue weighted by Gasteiger charge is -2.29. The number of carbonyl (C=O) groups excluding carboxylic acids is 1. The van der Waals surface area contributed by atoms with Gasteiger partial charge in [0.1, 0.15) is 5.82 Å². The Morgan fingerprint density at radius 1 is 1.25 bits per heavy atom. The third-order valence-corrected chi connectivity index (χ3v) is 5.73. The summed E-state index contributed by atoms with van der Waals surface area (Å²) in [6, 6.07) is 6.74. The Kier molecular flexibility index (Phi) is 6.74. The summed E-state index contributed by atoms with van der Waals surface area (Å²) in [5.74, 6) is -0.303. The second kappa shape index (κ2) is 8.58. The van der Waals surface area contributed by atoms with Gasteiger partial charge in [0.05, 0.1) is 6.26 Å². The lowest BCUT2D eigenvalue weighted by molar-refractivity contribution is -0.126. The van der Waals surface area contributed by atoms with Crippen LogP contribution >= 0.6 is 0 Å². The number of benzene rings is 1. The summed E-state index contributed by atoms with van der Waals surface area (Å²) in [7, 11) is -3.16. The highest BCUT2D eigenvalue weighted by atomic mass is 32.2. The van der Waals surface area contributed by atoms with Crippen molar-refractivity contribution in [2.24, 2.45) is 5.92 Å². The van der Waals surface area contributed by atoms with Gasteiger partial charge in [-0.05, 0) is 43.7 Å². The van der Waals surface area contributed by atoms with Crippen molar-refractivity contribution in [2.45, 2.75) is 32.1 Å². The smallest absolute Gasteiger partial charge is 0.223 e. The molecule has 1 heterocycles. The summed E-state index contributed by atoms with van der Waals surface area (Å²) in [6.07, 6.45) is 4.59. The molecule has 0 aliphatic carbocycles. The fourth-order valence-electron chi connectivity index (χ4n) is 2.95. The van der Waals surface area contributed by atoms with Crippen LogP contribution in [0.15, 0.2) is 24.3 Å². The van der Waals surface area contributed by atoms with Gasteiger partial charge in [0.15, 0.2) is 0 Å². The molecule has 1 aliphatic rings. The summed E-state index contributed by atoms with van der Waals surface area (Å²) in [5, 5.41) is 2.91. The van der Waals surface area contributed by atoms with E-state index in [1.54, 1.807) is 12.1 Å². The first-order chi connectivity index (χ1) is 11.4. The van der Waals surface area contributed by atoms with Gasteiger partial charge in [0.25, 0.3) is 0 Å². The second-order valence-electron chi connectivity index (χ2n) is 6.28. The van der Waals surface area contributed by atoms with Crippen molar-refractivity contribution >= 4 is 15.9 Å². The zero-order chi connectivity index (χ0) is 17.6. The Labute approximate surface area is 143 Å². The number of carbonyl (C=O) groups is 1. The lowest BCUT2D eigenvalue weighted by Crippen LogP contribution is -2.42. The number of sulfonamides is 1. The summed E-state index contributed by atoms with van der Waals surface area (Å²) in [6.45, 7) is 1.38. The van der Waals surface area contributed by atoms with E-state index < -0.39 is 10.0 Å². The molecular formula is C17H25FN2O3S. The fourth-order valence-corrected chi connectivity index (χ4v) is 3.82. The number of rotatable bonds is 7. The minimum Gasteiger partial charge on any atom is -0.356 e. The molecule has 24 heavy (non-hydrogen) atoms. The van der Waals surface area contributed by atoms with Crippen molar-refractivity contribution in [3.63, 3.8) is 0 Å². The van der Waals surface area contributed by atoms with Crippen molar-refractivity contribution in [3.8, 4) is 0 Å². The predicted octanol–water partition coefficient (Wildman–Crippen LogP) is 1.94. The zero-order valence-electron chi connectivity index (χ0n) is 14.0. The maximum absolute atomic E-state index is 13.5. The highest BCUT2D eigenvalue weighted by Crippen LogP contribution is 2.19. The number of halogens is 1. The second-order valence-corrected chi connectivity index (χ2v) is 8.26. The van der Waals surface area contributed by atoms with E-state index in [-0.39, 0.29) is 17.6 Å². The van der Waals surface area contributed by atoms with Gasteiger partial charge in [-0.3, -0.25) is 4.79 Å². The number of unbranched alkanes of at least 4 members (excludes halogenated alkanes) is 1. The molecule has 2 rings (SSSR count). The molecule has 0 saturated carbocycles. The number of hydrogen-bond acceptors (Lipinski definition) is 3. The van der Waals surface area contributed by atoms with E-state index in [2.05, 4.69) is 5.32 Å². The van der Waals surface area contributed by atoms with Crippen molar-refractivity contribution < 1.29 is 17.6 Å². The maximum atomic E-state index is 13.5. The quantitative estimate of drug-likeness (QED) is 0.759. The summed E-state index contributed by atoms with van der Waals surface area (Å²) >= 11 is 0. The van der Waals surface area contributed by atoms with E-state index in [1.807, 2.05) is 6.07 Å². The van der Waals surface area contributed by atoms with Crippen LogP contribution in [0.3, 0.4) is 0 Å². The summed E-state index contributed by atoms with van der Waals surface area (Å²) < 4.78 is 37.8. The summed E-state index contributed by atoms with van der Waals surface area (Å²) in [5.41, 5.74) is 0.706. The van der Waals surface area contributed by atoms with E-state index in [4.69, 9.17) is 0 Å². The molecule has 0 spiro atoms. The number of nitrogens with one attached hydrogen (secondary N) is 1. The van der Waals surface area contributed by atoms with Crippen molar-refractivity contribution in [2.75, 3.05) is 25.9 Å². The van der Waals surface area contributed by atoms with Crippen LogP contribution in [0.4, 0.5) is 4.39 Å². The van der Waals surface area contributed by atoms with Gasteiger partial charge >= 0.3 is 0 Å². The van der Waals surface area contributed by atoms with E-state index in [0.717, 1.165) is 12.8 Å². The number of aryl methyl sites for hydroxylation is 1. The molecule has 0 radical (unpaired) electrons. The van der Waals surface area contributed by atoms with E-state index >= 15 is 0 Å². The molecular weight excluding hydrogens is 331 g/mol. The van der Waals surface area contributed by atoms with Crippen molar-refractivity contribution in [1.82, 2.24) is 9.62 Å². The molecule has 134 valence electrons. The standard InChI is InChI=1S/C17H25FN2O3S/c1-24(22,23)20-12-9-15(10-13-20)17(21)19-11-5-4-7-14-6-2-3-8-16(14)18/h2-3,6,8,15H,4-5,7,9-13H2,1H3,(H,19,21). The molecule has 0 aromatic heterocycles. The Morgan fingerprint density at radius 2 is 1.92 bits per heavy atom. The molecule has 0 atom stereocenters. The first-order valence-electron chi connectivity index (χ1n) is 8.34. The van der Waals surface area contributed by atoms with Crippen LogP contribution in [0.2, 0.25) is 0 Å². The summed E-state index contributed by atoms with van der Waals surface area (Å²) in [4.78, 5) is 12.1. The molecule has 7 heteroatoms. The average molecular weight is 356 g/mol. The molecule has 1 amide bonds. The Bertz CT molecular complexity index is 656. The topological polar surface area (TPSA) is 66.5 Å². The zero-order valence-corrected chi connectivity index (χ0v) is 14.8. The molecule has 1 N–H and O–H groups in total. The normalized spacial score (nSPS) is 16.9. The number of amides is 1. The van der Waals surface area contributed by atoms with Crippen LogP contribution in [0, 0.1) is 11.7 Å². The first-order valence-corrected chi connectivity index (χ1v) is 10.2. The number of nitrogens with zero attached hydrogens (tertiary/aromatic N) is 1. The van der Waals surface area contributed by atoms with E-state index in [0.29, 0.717) is 44.5 Å². The largest absolute Gasteiger partial charge is 0.356 e. The molecule has 1 aromatic rings. The third-order valence-electron chi connectivity index (χ3n) is 4.42. The van der Waals surface area contributed by atoms with Gasteiger partial charge < -0.3 is 5.32 Å². The van der Waals surface area contributed by atoms with Crippen molar-refractivity contribution in [3.05, 3.63) is 35.6 Å². The monoisotopic (exact) mass is 356 g/mol. The van der Waals surface area contributed by atoms with Crippen LogP contribution in [0.1, 0.15) is 31.2 Å². The molecule has 5 nitrogen and oxygen atoms in total. The average Bonchev–Trinajstić information content (AvgIpc) is 2.55. The van der Waals surface area contributed by atoms with Gasteiger partial charge in [-0.15, -0.1) is 0 Å². The van der Waals surface area contributed by atoms with Gasteiger partial charge in [-0.2, -0.15) is 0 Å². The van der Waals surface area contributed by atoms with Gasteiger partial charge in [0, 0.05) is 25.6 Å². The number of piperidine rings is 1. The molecule has 1 aromatic carbocycles. The SMILES string of the molecule is CS(=O)(=O)N1CCC(C(=O)NCCCCc2ccccc2F)CC1. The third kappa shape index (κ3) is 5.56. The van der Waals surface area contributed by atoms with Gasteiger partial charge in [0.2, 0.25) is 15.9 Å². The van der Waals surface area contributed by atoms with Crippen LogP contribution in [0.5, 0.6) is 0 Å². The Balaban J connectivity index is 1.63.